The number of benzene rings is 2. The minimum absolute atomic E-state index is 0.0872. The summed E-state index contributed by atoms with van der Waals surface area (Å²) >= 11 is 0. The smallest absolute Gasteiger partial charge is 0.162 e. The van der Waals surface area contributed by atoms with Crippen LogP contribution in [0, 0.1) is 0 Å². The zero-order valence-corrected chi connectivity index (χ0v) is 11.7. The summed E-state index contributed by atoms with van der Waals surface area (Å²) in [6, 6.07) is 16.4. The first-order valence-electron chi connectivity index (χ1n) is 6.72. The summed E-state index contributed by atoms with van der Waals surface area (Å²) in [6.45, 7) is 0. The molecule has 20 heavy (non-hydrogen) atoms. The van der Waals surface area contributed by atoms with Crippen LogP contribution in [-0.4, -0.2) is 20.5 Å². The lowest BCUT2D eigenvalue weighted by molar-refractivity contribution is -0.153. The number of hydrogen-bond donors (Lipinski definition) is 0. The van der Waals surface area contributed by atoms with Gasteiger partial charge < -0.3 is 14.2 Å². The fraction of sp³-hybridized carbons (Fsp3) is 0.294. The van der Waals surface area contributed by atoms with Crippen LogP contribution < -0.4 is 4.74 Å². The molecule has 3 rings (SSSR count). The van der Waals surface area contributed by atoms with Gasteiger partial charge in [-0.05, 0) is 28.8 Å². The summed E-state index contributed by atoms with van der Waals surface area (Å²) in [5.41, 5.74) is 3.61. The monoisotopic (exact) mass is 270 g/mol. The van der Waals surface area contributed by atoms with Gasteiger partial charge in [-0.25, -0.2) is 0 Å². The molecule has 0 fully saturated rings. The highest BCUT2D eigenvalue weighted by atomic mass is 16.7. The van der Waals surface area contributed by atoms with E-state index < -0.39 is 0 Å². The predicted octanol–water partition coefficient (Wildman–Crippen LogP) is 3.33. The van der Waals surface area contributed by atoms with Crippen molar-refractivity contribution < 1.29 is 14.2 Å². The molecule has 2 aromatic rings. The van der Waals surface area contributed by atoms with Gasteiger partial charge in [-0.2, -0.15) is 0 Å². The number of hydrogen-bond acceptors (Lipinski definition) is 3. The summed E-state index contributed by atoms with van der Waals surface area (Å²) in [7, 11) is 3.35. The van der Waals surface area contributed by atoms with Crippen molar-refractivity contribution in [1.29, 1.82) is 0 Å². The van der Waals surface area contributed by atoms with Crippen LogP contribution >= 0.6 is 0 Å². The van der Waals surface area contributed by atoms with E-state index in [4.69, 9.17) is 14.2 Å². The Bertz CT molecular complexity index is 577. The lowest BCUT2D eigenvalue weighted by Crippen LogP contribution is -2.28. The molecule has 2 atom stereocenters. The van der Waals surface area contributed by atoms with E-state index in [9.17, 15) is 0 Å². The van der Waals surface area contributed by atoms with Crippen molar-refractivity contribution in [1.82, 2.24) is 0 Å². The highest BCUT2D eigenvalue weighted by Gasteiger charge is 2.28. The van der Waals surface area contributed by atoms with Gasteiger partial charge in [-0.3, -0.25) is 0 Å². The van der Waals surface area contributed by atoms with Crippen molar-refractivity contribution in [3.63, 3.8) is 0 Å². The molecule has 0 saturated heterocycles. The molecule has 0 amide bonds. The quantitative estimate of drug-likeness (QED) is 0.856. The Hall–Kier alpha value is -1.84. The fourth-order valence-electron chi connectivity index (χ4n) is 2.60. The Labute approximate surface area is 119 Å². The molecule has 0 aromatic heterocycles. The van der Waals surface area contributed by atoms with Gasteiger partial charge in [-0.1, -0.05) is 36.4 Å². The molecule has 0 bridgehead atoms. The third-order valence-corrected chi connectivity index (χ3v) is 3.69. The first kappa shape index (κ1) is 13.2. The van der Waals surface area contributed by atoms with Gasteiger partial charge >= 0.3 is 0 Å². The van der Waals surface area contributed by atoms with E-state index in [0.29, 0.717) is 0 Å². The van der Waals surface area contributed by atoms with Crippen molar-refractivity contribution in [3.05, 3.63) is 65.2 Å². The zero-order chi connectivity index (χ0) is 13.9. The molecular formula is C17H18O3. The zero-order valence-electron chi connectivity index (χ0n) is 11.7. The van der Waals surface area contributed by atoms with Crippen molar-refractivity contribution in [2.24, 2.45) is 0 Å². The van der Waals surface area contributed by atoms with Crippen LogP contribution in [0.2, 0.25) is 0 Å². The average molecular weight is 270 g/mol. The molecule has 1 aliphatic rings. The van der Waals surface area contributed by atoms with Gasteiger partial charge in [0.15, 0.2) is 6.29 Å². The van der Waals surface area contributed by atoms with E-state index in [0.717, 1.165) is 17.7 Å². The number of fused-ring (bicyclic) bond motifs is 1. The standard InChI is InChI=1S/C17H18O3/c1-18-14-9-7-12(8-10-14)17-15-6-4-3-5-13(15)11-16(19-2)20-17/h3-10,16-17H,11H2,1-2H3. The summed E-state index contributed by atoms with van der Waals surface area (Å²) in [5.74, 6) is 0.848. The second kappa shape index (κ2) is 5.65. The second-order valence-corrected chi connectivity index (χ2v) is 4.86. The Kier molecular flexibility index (Phi) is 3.72. The number of ether oxygens (including phenoxy) is 3. The second-order valence-electron chi connectivity index (χ2n) is 4.86. The maximum absolute atomic E-state index is 6.06. The normalized spacial score (nSPS) is 21.3. The molecule has 0 N–H and O–H groups in total. The lowest BCUT2D eigenvalue weighted by atomic mass is 9.92. The van der Waals surface area contributed by atoms with E-state index in [2.05, 4.69) is 18.2 Å². The largest absolute Gasteiger partial charge is 0.497 e. The van der Waals surface area contributed by atoms with Gasteiger partial charge in [-0.15, -0.1) is 0 Å². The van der Waals surface area contributed by atoms with Crippen LogP contribution in [0.15, 0.2) is 48.5 Å². The van der Waals surface area contributed by atoms with Crippen molar-refractivity contribution >= 4 is 0 Å². The molecule has 3 nitrogen and oxygen atoms in total. The van der Waals surface area contributed by atoms with Crippen LogP contribution in [0.5, 0.6) is 5.75 Å². The van der Waals surface area contributed by atoms with E-state index >= 15 is 0 Å². The van der Waals surface area contributed by atoms with E-state index in [1.54, 1.807) is 14.2 Å². The third kappa shape index (κ3) is 2.42. The molecule has 104 valence electrons. The minimum Gasteiger partial charge on any atom is -0.497 e. The molecular weight excluding hydrogens is 252 g/mol. The minimum atomic E-state index is -0.197. The maximum atomic E-state index is 6.06. The van der Waals surface area contributed by atoms with Crippen LogP contribution in [0.3, 0.4) is 0 Å². The third-order valence-electron chi connectivity index (χ3n) is 3.69. The first-order valence-corrected chi connectivity index (χ1v) is 6.72. The van der Waals surface area contributed by atoms with Crippen molar-refractivity contribution in [2.75, 3.05) is 14.2 Å². The Morgan fingerprint density at radius 3 is 2.45 bits per heavy atom. The SMILES string of the molecule is COc1ccc(C2OC(OC)Cc3ccccc32)cc1. The lowest BCUT2D eigenvalue weighted by Gasteiger charge is -2.31. The Morgan fingerprint density at radius 1 is 1.00 bits per heavy atom. The van der Waals surface area contributed by atoms with E-state index in [-0.39, 0.29) is 12.4 Å². The van der Waals surface area contributed by atoms with Gasteiger partial charge in [0.25, 0.3) is 0 Å². The summed E-state index contributed by atoms with van der Waals surface area (Å²) in [5, 5.41) is 0. The fourth-order valence-corrected chi connectivity index (χ4v) is 2.60. The molecule has 0 aliphatic carbocycles. The highest BCUT2D eigenvalue weighted by molar-refractivity contribution is 5.39. The summed E-state index contributed by atoms with van der Waals surface area (Å²) in [4.78, 5) is 0. The van der Waals surface area contributed by atoms with E-state index in [1.165, 1.54) is 11.1 Å². The van der Waals surface area contributed by atoms with Gasteiger partial charge in [0.05, 0.1) is 7.11 Å². The first-order chi connectivity index (χ1) is 9.81. The van der Waals surface area contributed by atoms with Crippen molar-refractivity contribution in [3.8, 4) is 5.75 Å². The van der Waals surface area contributed by atoms with Crippen molar-refractivity contribution in [2.45, 2.75) is 18.8 Å². The molecule has 2 unspecified atom stereocenters. The summed E-state index contributed by atoms with van der Waals surface area (Å²) in [6.07, 6.45) is 0.507. The Balaban J connectivity index is 1.98. The van der Waals surface area contributed by atoms with Crippen LogP contribution in [0.25, 0.3) is 0 Å². The van der Waals surface area contributed by atoms with Gasteiger partial charge in [0.1, 0.15) is 11.9 Å². The number of methoxy groups -OCH3 is 2. The number of rotatable bonds is 3. The highest BCUT2D eigenvalue weighted by Crippen LogP contribution is 2.35. The molecule has 1 aliphatic heterocycles. The molecule has 2 aromatic carbocycles. The van der Waals surface area contributed by atoms with Crippen LogP contribution in [-0.2, 0) is 15.9 Å². The predicted molar refractivity (Wildman–Crippen MR) is 76.9 cm³/mol. The molecule has 0 radical (unpaired) electrons. The van der Waals surface area contributed by atoms with Gasteiger partial charge in [0, 0.05) is 13.5 Å². The molecule has 0 saturated carbocycles. The Morgan fingerprint density at radius 2 is 1.75 bits per heavy atom. The van der Waals surface area contributed by atoms with E-state index in [1.807, 2.05) is 30.3 Å². The maximum Gasteiger partial charge on any atom is 0.162 e. The molecule has 1 heterocycles. The summed E-state index contributed by atoms with van der Waals surface area (Å²) < 4.78 is 16.7. The topological polar surface area (TPSA) is 27.7 Å². The van der Waals surface area contributed by atoms with Crippen LogP contribution in [0.4, 0.5) is 0 Å². The van der Waals surface area contributed by atoms with Crippen LogP contribution in [0.1, 0.15) is 22.8 Å². The van der Waals surface area contributed by atoms with Gasteiger partial charge in [0.2, 0.25) is 0 Å². The molecule has 0 spiro atoms. The average Bonchev–Trinajstić information content (AvgIpc) is 2.54. The molecule has 3 heteroatoms.